The molecule has 0 atom stereocenters. The second-order valence-electron chi connectivity index (χ2n) is 7.38. The summed E-state index contributed by atoms with van der Waals surface area (Å²) >= 11 is 1.91. The van der Waals surface area contributed by atoms with E-state index >= 15 is 0 Å². The number of aromatic nitrogens is 1. The third kappa shape index (κ3) is 4.27. The normalized spacial score (nSPS) is 15.5. The molecule has 4 rings (SSSR count). The predicted molar refractivity (Wildman–Crippen MR) is 114 cm³/mol. The lowest BCUT2D eigenvalue weighted by Crippen LogP contribution is -2.32. The molecule has 1 aliphatic heterocycles. The van der Waals surface area contributed by atoms with Crippen LogP contribution >= 0.6 is 11.8 Å². The number of halogens is 4. The molecule has 2 nitrogen and oxygen atoms in total. The highest BCUT2D eigenvalue weighted by atomic mass is 32.2. The minimum Gasteiger partial charge on any atom is -0.314 e. The van der Waals surface area contributed by atoms with Gasteiger partial charge in [-0.1, -0.05) is 18.2 Å². The molecule has 1 aromatic heterocycles. The molecule has 7 heteroatoms. The molecule has 0 aliphatic carbocycles. The molecule has 158 valence electrons. The number of hydrogen-bond acceptors (Lipinski definition) is 2. The molecule has 1 fully saturated rings. The van der Waals surface area contributed by atoms with Crippen molar-refractivity contribution in [1.29, 1.82) is 0 Å². The van der Waals surface area contributed by atoms with Gasteiger partial charge in [-0.15, -0.1) is 0 Å². The maximum Gasteiger partial charge on any atom is 0.417 e. The van der Waals surface area contributed by atoms with Crippen molar-refractivity contribution in [2.24, 2.45) is 0 Å². The van der Waals surface area contributed by atoms with E-state index in [1.54, 1.807) is 22.8 Å². The van der Waals surface area contributed by atoms with Crippen LogP contribution in [-0.4, -0.2) is 34.1 Å². The van der Waals surface area contributed by atoms with Crippen LogP contribution in [0.3, 0.4) is 0 Å². The summed E-state index contributed by atoms with van der Waals surface area (Å²) in [6.45, 7) is 4.51. The topological polar surface area (TPSA) is 8.17 Å². The van der Waals surface area contributed by atoms with E-state index in [0.29, 0.717) is 17.9 Å². The molecule has 0 bridgehead atoms. The van der Waals surface area contributed by atoms with Crippen molar-refractivity contribution >= 4 is 11.8 Å². The number of rotatable bonds is 4. The van der Waals surface area contributed by atoms with E-state index in [-0.39, 0.29) is 11.4 Å². The molecule has 1 aliphatic rings. The number of hydrogen-bond donors (Lipinski definition) is 0. The van der Waals surface area contributed by atoms with Gasteiger partial charge in [-0.3, -0.25) is 4.90 Å². The summed E-state index contributed by atoms with van der Waals surface area (Å²) in [5.41, 5.74) is 2.41. The zero-order valence-electron chi connectivity index (χ0n) is 16.5. The molecule has 30 heavy (non-hydrogen) atoms. The van der Waals surface area contributed by atoms with Crippen LogP contribution in [0.4, 0.5) is 17.6 Å². The largest absolute Gasteiger partial charge is 0.417 e. The standard InChI is InChI=1S/C23H22F4N2S/c1-16-17(15-28-10-12-30-13-11-28)14-22(29(16)19-8-6-18(24)7-9-19)20-4-2-3-5-21(20)23(25,26)27/h2-9,14H,10-13,15H2,1H3. The summed E-state index contributed by atoms with van der Waals surface area (Å²) in [4.78, 5) is 2.33. The molecular formula is C23H22F4N2S. The molecule has 0 spiro atoms. The van der Waals surface area contributed by atoms with Crippen molar-refractivity contribution in [2.75, 3.05) is 24.6 Å². The van der Waals surface area contributed by atoms with Gasteiger partial charge >= 0.3 is 6.18 Å². The zero-order chi connectivity index (χ0) is 21.3. The third-order valence-corrected chi connectivity index (χ3v) is 6.39. The van der Waals surface area contributed by atoms with Crippen LogP contribution in [0, 0.1) is 12.7 Å². The lowest BCUT2D eigenvalue weighted by molar-refractivity contribution is -0.137. The summed E-state index contributed by atoms with van der Waals surface area (Å²) < 4.78 is 56.5. The third-order valence-electron chi connectivity index (χ3n) is 5.44. The highest BCUT2D eigenvalue weighted by molar-refractivity contribution is 7.99. The van der Waals surface area contributed by atoms with E-state index in [1.165, 1.54) is 24.3 Å². The molecule has 0 unspecified atom stereocenters. The Morgan fingerprint density at radius 1 is 0.967 bits per heavy atom. The summed E-state index contributed by atoms with van der Waals surface area (Å²) in [5, 5.41) is 0. The van der Waals surface area contributed by atoms with E-state index < -0.39 is 11.7 Å². The number of benzene rings is 2. The summed E-state index contributed by atoms with van der Waals surface area (Å²) in [6.07, 6.45) is -4.47. The van der Waals surface area contributed by atoms with E-state index in [4.69, 9.17) is 0 Å². The molecule has 2 aromatic carbocycles. The van der Waals surface area contributed by atoms with Crippen molar-refractivity contribution < 1.29 is 17.6 Å². The van der Waals surface area contributed by atoms with Gasteiger partial charge < -0.3 is 4.57 Å². The fourth-order valence-electron chi connectivity index (χ4n) is 3.89. The van der Waals surface area contributed by atoms with E-state index in [9.17, 15) is 17.6 Å². The van der Waals surface area contributed by atoms with Gasteiger partial charge in [0.1, 0.15) is 5.82 Å². The fourth-order valence-corrected chi connectivity index (χ4v) is 4.87. The Hall–Kier alpha value is -2.25. The van der Waals surface area contributed by atoms with Crippen LogP contribution < -0.4 is 0 Å². The maximum absolute atomic E-state index is 13.7. The van der Waals surface area contributed by atoms with Gasteiger partial charge in [0.25, 0.3) is 0 Å². The first-order valence-electron chi connectivity index (χ1n) is 9.78. The van der Waals surface area contributed by atoms with Gasteiger partial charge in [0, 0.05) is 48.1 Å². The molecule has 0 saturated carbocycles. The number of alkyl halides is 3. The van der Waals surface area contributed by atoms with Gasteiger partial charge in [-0.2, -0.15) is 24.9 Å². The second kappa shape index (κ2) is 8.47. The van der Waals surface area contributed by atoms with Crippen molar-refractivity contribution in [3.8, 4) is 16.9 Å². The summed E-state index contributed by atoms with van der Waals surface area (Å²) in [6, 6.07) is 13.3. The van der Waals surface area contributed by atoms with Crippen molar-refractivity contribution in [3.05, 3.63) is 77.2 Å². The smallest absolute Gasteiger partial charge is 0.314 e. The quantitative estimate of drug-likeness (QED) is 0.455. The Labute approximate surface area is 177 Å². The first-order chi connectivity index (χ1) is 14.3. The minimum absolute atomic E-state index is 0.123. The number of thioether (sulfide) groups is 1. The molecule has 0 amide bonds. The molecule has 0 radical (unpaired) electrons. The molecule has 1 saturated heterocycles. The molecule has 3 aromatic rings. The van der Waals surface area contributed by atoms with Crippen LogP contribution in [0.1, 0.15) is 16.8 Å². The van der Waals surface area contributed by atoms with E-state index in [2.05, 4.69) is 4.90 Å². The number of nitrogens with zero attached hydrogens (tertiary/aromatic N) is 2. The minimum atomic E-state index is -4.47. The average Bonchev–Trinajstić information content (AvgIpc) is 3.05. The molecular weight excluding hydrogens is 412 g/mol. The van der Waals surface area contributed by atoms with Crippen LogP contribution in [0.2, 0.25) is 0 Å². The van der Waals surface area contributed by atoms with Crippen molar-refractivity contribution in [3.63, 3.8) is 0 Å². The first-order valence-corrected chi connectivity index (χ1v) is 10.9. The zero-order valence-corrected chi connectivity index (χ0v) is 17.4. The molecule has 0 N–H and O–H groups in total. The fraction of sp³-hybridized carbons (Fsp3) is 0.304. The van der Waals surface area contributed by atoms with Crippen LogP contribution in [-0.2, 0) is 12.7 Å². The van der Waals surface area contributed by atoms with Gasteiger partial charge in [0.2, 0.25) is 0 Å². The SMILES string of the molecule is Cc1c(CN2CCSCC2)cc(-c2ccccc2C(F)(F)F)n1-c1ccc(F)cc1. The van der Waals surface area contributed by atoms with Gasteiger partial charge in [0.15, 0.2) is 0 Å². The maximum atomic E-state index is 13.7. The van der Waals surface area contributed by atoms with Crippen molar-refractivity contribution in [1.82, 2.24) is 9.47 Å². The monoisotopic (exact) mass is 434 g/mol. The average molecular weight is 435 g/mol. The Morgan fingerprint density at radius 2 is 1.63 bits per heavy atom. The predicted octanol–water partition coefficient (Wildman–Crippen LogP) is 6.16. The van der Waals surface area contributed by atoms with Gasteiger partial charge in [-0.25, -0.2) is 4.39 Å². The first kappa shape index (κ1) is 21.0. The highest BCUT2D eigenvalue weighted by Gasteiger charge is 2.34. The highest BCUT2D eigenvalue weighted by Crippen LogP contribution is 2.39. The van der Waals surface area contributed by atoms with Gasteiger partial charge in [-0.05, 0) is 48.9 Å². The summed E-state index contributed by atoms with van der Waals surface area (Å²) in [5.74, 6) is 1.73. The van der Waals surface area contributed by atoms with Crippen LogP contribution in [0.5, 0.6) is 0 Å². The van der Waals surface area contributed by atoms with Crippen LogP contribution in [0.15, 0.2) is 54.6 Å². The Balaban J connectivity index is 1.87. The second-order valence-corrected chi connectivity index (χ2v) is 8.61. The van der Waals surface area contributed by atoms with E-state index in [1.807, 2.05) is 24.8 Å². The molecule has 2 heterocycles. The Bertz CT molecular complexity index is 1020. The van der Waals surface area contributed by atoms with Crippen molar-refractivity contribution in [2.45, 2.75) is 19.6 Å². The van der Waals surface area contributed by atoms with E-state index in [0.717, 1.165) is 41.9 Å². The lowest BCUT2D eigenvalue weighted by atomic mass is 10.0. The van der Waals surface area contributed by atoms with Gasteiger partial charge in [0.05, 0.1) is 11.3 Å². The lowest BCUT2D eigenvalue weighted by Gasteiger charge is -2.26. The Morgan fingerprint density at radius 3 is 2.30 bits per heavy atom. The van der Waals surface area contributed by atoms with Crippen LogP contribution in [0.25, 0.3) is 16.9 Å². The summed E-state index contributed by atoms with van der Waals surface area (Å²) in [7, 11) is 0. The Kier molecular flexibility index (Phi) is 5.93.